The number of anilines is 2. The van der Waals surface area contributed by atoms with Crippen LogP contribution in [0.4, 0.5) is 46.6 Å². The van der Waals surface area contributed by atoms with E-state index in [1.165, 1.54) is 19.2 Å². The van der Waals surface area contributed by atoms with Crippen LogP contribution in [-0.2, 0) is 10.8 Å². The molecule has 0 spiro atoms. The number of amides is 1. The summed E-state index contributed by atoms with van der Waals surface area (Å²) in [5.74, 6) is -16.0. The largest absolute Gasteiger partial charge is 0.460 e. The lowest BCUT2D eigenvalue weighted by Gasteiger charge is -2.28. The molecule has 0 atom stereocenters. The summed E-state index contributed by atoms with van der Waals surface area (Å²) in [5.41, 5.74) is 1.39. The summed E-state index contributed by atoms with van der Waals surface area (Å²) in [6.07, 6.45) is -6.67. The monoisotopic (exact) mass is 521 g/mol. The van der Waals surface area contributed by atoms with E-state index in [-0.39, 0.29) is 22.3 Å². The first kappa shape index (κ1) is 24.8. The van der Waals surface area contributed by atoms with Crippen molar-refractivity contribution in [3.05, 3.63) is 51.4 Å². The minimum absolute atomic E-state index is 0.0793. The Morgan fingerprint density at radius 1 is 1.10 bits per heavy atom. The summed E-state index contributed by atoms with van der Waals surface area (Å²) in [5, 5.41) is 1.93. The van der Waals surface area contributed by atoms with Gasteiger partial charge in [0.05, 0.1) is 18.4 Å². The van der Waals surface area contributed by atoms with Crippen molar-refractivity contribution in [3.8, 4) is 0 Å². The van der Waals surface area contributed by atoms with Gasteiger partial charge in [0.2, 0.25) is 0 Å². The lowest BCUT2D eigenvalue weighted by molar-refractivity contribution is -0.359. The molecule has 2 aromatic rings. The standard InChI is InChI=1S/C17H12BrF8N3O2/c1-7-3-10(18)9(5-12(7)29-31-2)14(30)28-13-11(19)4-8(6-27-13)15(20,21)16(22,23)17(24,25)26/h3-6,29H,1-2H3,(H,27,28,30). The maximum atomic E-state index is 14.1. The van der Waals surface area contributed by atoms with Gasteiger partial charge < -0.3 is 5.32 Å². The predicted molar refractivity (Wildman–Crippen MR) is 96.6 cm³/mol. The van der Waals surface area contributed by atoms with E-state index < -0.39 is 41.1 Å². The van der Waals surface area contributed by atoms with E-state index in [9.17, 15) is 39.9 Å². The molecule has 5 nitrogen and oxygen atoms in total. The van der Waals surface area contributed by atoms with Crippen LogP contribution in [0.3, 0.4) is 0 Å². The maximum absolute atomic E-state index is 14.1. The number of pyridine rings is 1. The van der Waals surface area contributed by atoms with Crippen LogP contribution in [0.15, 0.2) is 28.9 Å². The summed E-state index contributed by atoms with van der Waals surface area (Å²) < 4.78 is 105. The molecule has 170 valence electrons. The van der Waals surface area contributed by atoms with Gasteiger partial charge in [-0.1, -0.05) is 0 Å². The van der Waals surface area contributed by atoms with Crippen LogP contribution in [0, 0.1) is 12.7 Å². The lowest BCUT2D eigenvalue weighted by atomic mass is 10.0. The Kier molecular flexibility index (Phi) is 6.85. The highest BCUT2D eigenvalue weighted by Gasteiger charge is 2.73. The van der Waals surface area contributed by atoms with Gasteiger partial charge in [0.15, 0.2) is 11.6 Å². The molecule has 1 aromatic heterocycles. The fourth-order valence-electron chi connectivity index (χ4n) is 2.30. The molecule has 0 aliphatic heterocycles. The number of nitrogens with one attached hydrogen (secondary N) is 2. The molecule has 0 fully saturated rings. The van der Waals surface area contributed by atoms with Crippen molar-refractivity contribution in [3.63, 3.8) is 0 Å². The SMILES string of the molecule is CONc1cc(C(=O)Nc2ncc(C(F)(F)C(F)(F)C(F)(F)F)cc2F)c(Br)cc1C. The number of carbonyl (C=O) groups is 1. The van der Waals surface area contributed by atoms with E-state index in [0.717, 1.165) is 0 Å². The first-order chi connectivity index (χ1) is 14.1. The number of alkyl halides is 7. The number of nitrogens with zero attached hydrogens (tertiary/aromatic N) is 1. The van der Waals surface area contributed by atoms with Crippen LogP contribution in [0.1, 0.15) is 21.5 Å². The second kappa shape index (κ2) is 8.57. The third kappa shape index (κ3) is 4.74. The number of benzene rings is 1. The van der Waals surface area contributed by atoms with Crippen LogP contribution < -0.4 is 10.8 Å². The second-order valence-electron chi connectivity index (χ2n) is 6.11. The Bertz CT molecular complexity index is 998. The number of carbonyl (C=O) groups excluding carboxylic acids is 1. The molecule has 2 rings (SSSR count). The van der Waals surface area contributed by atoms with E-state index in [0.29, 0.717) is 11.3 Å². The van der Waals surface area contributed by atoms with Crippen molar-refractivity contribution in [2.75, 3.05) is 17.9 Å². The van der Waals surface area contributed by atoms with Gasteiger partial charge in [-0.3, -0.25) is 15.1 Å². The van der Waals surface area contributed by atoms with E-state index in [1.54, 1.807) is 6.92 Å². The zero-order valence-electron chi connectivity index (χ0n) is 15.5. The molecule has 0 unspecified atom stereocenters. The normalized spacial score (nSPS) is 12.6. The number of aryl methyl sites for hydroxylation is 1. The number of rotatable bonds is 6. The van der Waals surface area contributed by atoms with Gasteiger partial charge in [0, 0.05) is 16.2 Å². The third-order valence-corrected chi connectivity index (χ3v) is 4.61. The smallest absolute Gasteiger partial charge is 0.304 e. The first-order valence-electron chi connectivity index (χ1n) is 8.02. The molecule has 2 N–H and O–H groups in total. The average molecular weight is 522 g/mol. The Morgan fingerprint density at radius 2 is 1.71 bits per heavy atom. The van der Waals surface area contributed by atoms with Crippen molar-refractivity contribution in [2.24, 2.45) is 0 Å². The van der Waals surface area contributed by atoms with Crippen LogP contribution in [-0.4, -0.2) is 30.1 Å². The van der Waals surface area contributed by atoms with Crippen molar-refractivity contribution in [2.45, 2.75) is 24.9 Å². The van der Waals surface area contributed by atoms with E-state index >= 15 is 0 Å². The first-order valence-corrected chi connectivity index (χ1v) is 8.81. The van der Waals surface area contributed by atoms with Crippen LogP contribution >= 0.6 is 15.9 Å². The third-order valence-electron chi connectivity index (χ3n) is 3.96. The minimum Gasteiger partial charge on any atom is -0.304 e. The lowest BCUT2D eigenvalue weighted by Crippen LogP contribution is -2.50. The summed E-state index contributed by atoms with van der Waals surface area (Å²) in [6, 6.07) is 2.54. The molecule has 31 heavy (non-hydrogen) atoms. The number of hydrogen-bond donors (Lipinski definition) is 2. The van der Waals surface area contributed by atoms with Crippen molar-refractivity contribution in [1.29, 1.82) is 0 Å². The molecule has 0 aliphatic carbocycles. The molecule has 1 amide bonds. The van der Waals surface area contributed by atoms with Gasteiger partial charge in [0.25, 0.3) is 5.91 Å². The molecule has 0 radical (unpaired) electrons. The van der Waals surface area contributed by atoms with Gasteiger partial charge in [-0.25, -0.2) is 9.37 Å². The fourth-order valence-corrected chi connectivity index (χ4v) is 2.94. The Balaban J connectivity index is 2.35. The average Bonchev–Trinajstić information content (AvgIpc) is 2.64. The molecular formula is C17H12BrF8N3O2. The Morgan fingerprint density at radius 3 is 2.23 bits per heavy atom. The molecule has 0 saturated heterocycles. The number of hydrogen-bond acceptors (Lipinski definition) is 4. The quantitative estimate of drug-likeness (QED) is 0.372. The van der Waals surface area contributed by atoms with Crippen LogP contribution in [0.2, 0.25) is 0 Å². The fraction of sp³-hybridized carbons (Fsp3) is 0.294. The Labute approximate surface area is 177 Å². The second-order valence-corrected chi connectivity index (χ2v) is 6.96. The minimum atomic E-state index is -6.59. The number of aromatic nitrogens is 1. The summed E-state index contributed by atoms with van der Waals surface area (Å²) in [7, 11) is 1.31. The molecule has 0 bridgehead atoms. The Hall–Kier alpha value is -2.48. The van der Waals surface area contributed by atoms with Gasteiger partial charge in [-0.2, -0.15) is 30.7 Å². The van der Waals surface area contributed by atoms with Crippen molar-refractivity contribution in [1.82, 2.24) is 4.98 Å². The molecule has 0 saturated carbocycles. The highest BCUT2D eigenvalue weighted by Crippen LogP contribution is 2.51. The van der Waals surface area contributed by atoms with Gasteiger partial charge >= 0.3 is 18.0 Å². The van der Waals surface area contributed by atoms with E-state index in [4.69, 9.17) is 4.84 Å². The molecule has 1 aromatic carbocycles. The maximum Gasteiger partial charge on any atom is 0.460 e. The summed E-state index contributed by atoms with van der Waals surface area (Å²) in [4.78, 5) is 20.2. The summed E-state index contributed by atoms with van der Waals surface area (Å²) >= 11 is 3.11. The molecule has 0 aliphatic rings. The summed E-state index contributed by atoms with van der Waals surface area (Å²) in [6.45, 7) is 1.67. The van der Waals surface area contributed by atoms with Gasteiger partial charge in [-0.15, -0.1) is 0 Å². The number of halogens is 9. The zero-order chi connectivity index (χ0) is 23.8. The van der Waals surface area contributed by atoms with Crippen LogP contribution in [0.25, 0.3) is 0 Å². The van der Waals surface area contributed by atoms with E-state index in [1.807, 2.05) is 5.32 Å². The zero-order valence-corrected chi connectivity index (χ0v) is 17.1. The van der Waals surface area contributed by atoms with Crippen molar-refractivity contribution < 1.29 is 44.8 Å². The predicted octanol–water partition coefficient (Wildman–Crippen LogP) is 5.81. The highest BCUT2D eigenvalue weighted by atomic mass is 79.9. The van der Waals surface area contributed by atoms with Gasteiger partial charge in [0.1, 0.15) is 0 Å². The van der Waals surface area contributed by atoms with Crippen molar-refractivity contribution >= 4 is 33.3 Å². The van der Waals surface area contributed by atoms with Gasteiger partial charge in [-0.05, 0) is 46.6 Å². The molecule has 1 heterocycles. The highest BCUT2D eigenvalue weighted by molar-refractivity contribution is 9.10. The van der Waals surface area contributed by atoms with E-state index in [2.05, 4.69) is 26.4 Å². The topological polar surface area (TPSA) is 63.2 Å². The molecular weight excluding hydrogens is 510 g/mol. The molecule has 14 heteroatoms. The van der Waals surface area contributed by atoms with Crippen LogP contribution in [0.5, 0.6) is 0 Å².